The summed E-state index contributed by atoms with van der Waals surface area (Å²) in [5, 5.41) is 14.1. The lowest BCUT2D eigenvalue weighted by molar-refractivity contribution is 0.0967. The molecule has 1 heterocycles. The Morgan fingerprint density at radius 2 is 2.16 bits per heavy atom. The molecule has 2 fully saturated rings. The Hall–Kier alpha value is -2.57. The number of aromatic nitrogens is 2. The summed E-state index contributed by atoms with van der Waals surface area (Å²) >= 11 is 0. The van der Waals surface area contributed by atoms with Gasteiger partial charge in [-0.25, -0.2) is 4.79 Å². The highest BCUT2D eigenvalue weighted by Crippen LogP contribution is 2.37. The van der Waals surface area contributed by atoms with Crippen molar-refractivity contribution in [2.75, 3.05) is 5.32 Å². The van der Waals surface area contributed by atoms with Crippen LogP contribution in [0.1, 0.15) is 84.8 Å². The smallest absolute Gasteiger partial charge is 0.407 e. The average molecular weight is 442 g/mol. The maximum absolute atomic E-state index is 12.1. The Morgan fingerprint density at radius 1 is 1.41 bits per heavy atom. The third kappa shape index (κ3) is 6.71. The van der Waals surface area contributed by atoms with E-state index < -0.39 is 0 Å². The molecule has 0 spiro atoms. The van der Waals surface area contributed by atoms with E-state index >= 15 is 0 Å². The van der Waals surface area contributed by atoms with Gasteiger partial charge in [-0.15, -0.1) is 0 Å². The first-order valence-corrected chi connectivity index (χ1v) is 11.9. The van der Waals surface area contributed by atoms with Crippen LogP contribution in [0.4, 0.5) is 10.6 Å². The van der Waals surface area contributed by atoms with Crippen LogP contribution in [0.25, 0.3) is 0 Å². The van der Waals surface area contributed by atoms with Crippen LogP contribution < -0.4 is 10.6 Å². The van der Waals surface area contributed by atoms with Crippen LogP contribution in [0, 0.1) is 11.8 Å². The van der Waals surface area contributed by atoms with E-state index in [1.807, 2.05) is 12.3 Å². The number of hydrogen-bond donors (Lipinski definition) is 3. The Balaban J connectivity index is 1.56. The van der Waals surface area contributed by atoms with Gasteiger partial charge >= 0.3 is 6.09 Å². The van der Waals surface area contributed by atoms with Gasteiger partial charge in [-0.2, -0.15) is 5.10 Å². The standard InChI is InChI=1S/C25H39N5O2/c1-7-17(4)21(10-13-26-18(5)16(2)3)27-23-15-22(29-30-23)19-8-9-20(14-19)32-24(31)28-25(6)11-12-25/h10,13,15-17,19-20H,5,7-9,11-12,14H2,1-4,6H3,(H,28,31)(H2,27,29,30)/b21-10+,26-13-. The molecule has 3 unspecified atom stereocenters. The first-order valence-electron chi connectivity index (χ1n) is 11.9. The number of ether oxygens (including phenoxy) is 1. The molecule has 2 aliphatic rings. The Morgan fingerprint density at radius 3 is 2.81 bits per heavy atom. The van der Waals surface area contributed by atoms with E-state index in [1.165, 1.54) is 0 Å². The Labute approximate surface area is 192 Å². The van der Waals surface area contributed by atoms with Gasteiger partial charge in [0.25, 0.3) is 0 Å². The average Bonchev–Trinajstić information content (AvgIpc) is 3.11. The topological polar surface area (TPSA) is 91.4 Å². The number of aromatic amines is 1. The zero-order chi connectivity index (χ0) is 23.3. The molecule has 3 rings (SSSR count). The maximum Gasteiger partial charge on any atom is 0.407 e. The lowest BCUT2D eigenvalue weighted by atomic mass is 10.0. The van der Waals surface area contributed by atoms with E-state index in [0.717, 1.165) is 61.4 Å². The minimum Gasteiger partial charge on any atom is -0.446 e. The van der Waals surface area contributed by atoms with Gasteiger partial charge in [0.05, 0.1) is 0 Å². The first-order chi connectivity index (χ1) is 15.2. The first kappa shape index (κ1) is 24.1. The molecule has 7 nitrogen and oxygen atoms in total. The van der Waals surface area contributed by atoms with Gasteiger partial charge in [-0.05, 0) is 63.4 Å². The van der Waals surface area contributed by atoms with Gasteiger partial charge in [-0.3, -0.25) is 10.1 Å². The number of rotatable bonds is 10. The molecule has 0 aliphatic heterocycles. The van der Waals surface area contributed by atoms with Crippen molar-refractivity contribution in [3.63, 3.8) is 0 Å². The van der Waals surface area contributed by atoms with Crippen molar-refractivity contribution in [3.8, 4) is 0 Å². The molecule has 0 radical (unpaired) electrons. The van der Waals surface area contributed by atoms with E-state index in [9.17, 15) is 4.79 Å². The van der Waals surface area contributed by atoms with E-state index in [-0.39, 0.29) is 17.7 Å². The van der Waals surface area contributed by atoms with Gasteiger partial charge in [0, 0.05) is 40.8 Å². The Bertz CT molecular complexity index is 865. The predicted octanol–water partition coefficient (Wildman–Crippen LogP) is 5.91. The second-order valence-corrected chi connectivity index (χ2v) is 9.91. The summed E-state index contributed by atoms with van der Waals surface area (Å²) in [6.07, 6.45) is 9.26. The van der Waals surface area contributed by atoms with Crippen LogP contribution in [0.5, 0.6) is 0 Å². The fourth-order valence-electron chi connectivity index (χ4n) is 3.74. The molecule has 7 heteroatoms. The molecule has 1 aromatic rings. The lowest BCUT2D eigenvalue weighted by Crippen LogP contribution is -2.36. The summed E-state index contributed by atoms with van der Waals surface area (Å²) in [6.45, 7) is 14.6. The molecule has 1 aromatic heterocycles. The fourth-order valence-corrected chi connectivity index (χ4v) is 3.74. The summed E-state index contributed by atoms with van der Waals surface area (Å²) in [6, 6.07) is 2.07. The van der Waals surface area contributed by atoms with Crippen LogP contribution in [-0.4, -0.2) is 34.1 Å². The van der Waals surface area contributed by atoms with Crippen LogP contribution in [-0.2, 0) is 4.74 Å². The molecule has 0 aromatic carbocycles. The van der Waals surface area contributed by atoms with Crippen molar-refractivity contribution in [2.45, 2.75) is 90.7 Å². The van der Waals surface area contributed by atoms with Gasteiger partial charge in [0.2, 0.25) is 0 Å². The Kier molecular flexibility index (Phi) is 7.80. The fraction of sp³-hybridized carbons (Fsp3) is 0.640. The quantitative estimate of drug-likeness (QED) is 0.394. The largest absolute Gasteiger partial charge is 0.446 e. The summed E-state index contributed by atoms with van der Waals surface area (Å²) in [5.74, 6) is 1.80. The summed E-state index contributed by atoms with van der Waals surface area (Å²) < 4.78 is 5.65. The number of amides is 1. The molecule has 2 aliphatic carbocycles. The van der Waals surface area contributed by atoms with Gasteiger partial charge in [0.15, 0.2) is 5.82 Å². The molecule has 3 atom stereocenters. The molecular formula is C25H39N5O2. The second kappa shape index (κ2) is 10.4. The molecule has 32 heavy (non-hydrogen) atoms. The number of anilines is 1. The number of hydrogen-bond acceptors (Lipinski definition) is 5. The number of nitrogens with zero attached hydrogens (tertiary/aromatic N) is 2. The number of H-pyrrole nitrogens is 1. The van der Waals surface area contributed by atoms with Crippen molar-refractivity contribution in [1.82, 2.24) is 15.5 Å². The van der Waals surface area contributed by atoms with Crippen LogP contribution in [0.2, 0.25) is 0 Å². The molecule has 1 amide bonds. The van der Waals surface area contributed by atoms with Crippen LogP contribution >= 0.6 is 0 Å². The van der Waals surface area contributed by atoms with E-state index in [4.69, 9.17) is 4.74 Å². The number of carbonyl (C=O) groups is 1. The molecule has 2 saturated carbocycles. The van der Waals surface area contributed by atoms with E-state index in [2.05, 4.69) is 73.1 Å². The van der Waals surface area contributed by atoms with Gasteiger partial charge in [-0.1, -0.05) is 34.3 Å². The monoisotopic (exact) mass is 441 g/mol. The highest BCUT2D eigenvalue weighted by atomic mass is 16.6. The van der Waals surface area contributed by atoms with Crippen LogP contribution in [0.15, 0.2) is 35.1 Å². The number of carbonyl (C=O) groups excluding carboxylic acids is 1. The normalized spacial score (nSPS) is 23.4. The highest BCUT2D eigenvalue weighted by molar-refractivity contribution is 5.74. The molecule has 3 N–H and O–H groups in total. The SMILES string of the molecule is C=C(/N=C\C=C(\Nc1cc(C2CCC(OC(=O)NC3(C)CC3)C2)[nH]n1)C(C)CC)C(C)C. The number of alkyl carbamates (subject to hydrolysis) is 1. The third-order valence-electron chi connectivity index (χ3n) is 6.68. The van der Waals surface area contributed by atoms with Crippen LogP contribution in [0.3, 0.4) is 0 Å². The van der Waals surface area contributed by atoms with E-state index in [1.54, 1.807) is 0 Å². The minimum absolute atomic E-state index is 0.0390. The van der Waals surface area contributed by atoms with Crippen molar-refractivity contribution in [3.05, 3.63) is 35.8 Å². The minimum atomic E-state index is -0.284. The van der Waals surface area contributed by atoms with Gasteiger partial charge < -0.3 is 15.4 Å². The van der Waals surface area contributed by atoms with Crippen molar-refractivity contribution >= 4 is 18.1 Å². The summed E-state index contributed by atoms with van der Waals surface area (Å²) in [4.78, 5) is 16.5. The lowest BCUT2D eigenvalue weighted by Gasteiger charge is -2.16. The summed E-state index contributed by atoms with van der Waals surface area (Å²) in [7, 11) is 0. The highest BCUT2D eigenvalue weighted by Gasteiger charge is 2.40. The molecule has 0 bridgehead atoms. The summed E-state index contributed by atoms with van der Waals surface area (Å²) in [5.41, 5.74) is 2.97. The number of allylic oxidation sites excluding steroid dienone is 3. The third-order valence-corrected chi connectivity index (χ3v) is 6.68. The second-order valence-electron chi connectivity index (χ2n) is 9.91. The predicted molar refractivity (Wildman–Crippen MR) is 130 cm³/mol. The van der Waals surface area contributed by atoms with Crippen molar-refractivity contribution in [1.29, 1.82) is 0 Å². The maximum atomic E-state index is 12.1. The van der Waals surface area contributed by atoms with Crippen molar-refractivity contribution in [2.24, 2.45) is 16.8 Å². The molecular weight excluding hydrogens is 402 g/mol. The zero-order valence-electron chi connectivity index (χ0n) is 20.2. The zero-order valence-corrected chi connectivity index (χ0v) is 20.2. The number of nitrogens with one attached hydrogen (secondary N) is 3. The molecule has 0 saturated heterocycles. The molecule has 176 valence electrons. The van der Waals surface area contributed by atoms with E-state index in [0.29, 0.717) is 17.8 Å². The number of aliphatic imine (C=N–C) groups is 1. The van der Waals surface area contributed by atoms with Gasteiger partial charge in [0.1, 0.15) is 6.10 Å². The van der Waals surface area contributed by atoms with Crippen molar-refractivity contribution < 1.29 is 9.53 Å².